The van der Waals surface area contributed by atoms with Crippen LogP contribution in [-0.2, 0) is 11.2 Å². The topological polar surface area (TPSA) is 38.5 Å². The van der Waals surface area contributed by atoms with Gasteiger partial charge in [0.1, 0.15) is 11.9 Å². The van der Waals surface area contributed by atoms with Gasteiger partial charge in [0.15, 0.2) is 0 Å². The summed E-state index contributed by atoms with van der Waals surface area (Å²) in [5, 5.41) is 4.05. The predicted molar refractivity (Wildman–Crippen MR) is 79.1 cm³/mol. The van der Waals surface area contributed by atoms with E-state index in [0.29, 0.717) is 0 Å². The Morgan fingerprint density at radius 3 is 3.00 bits per heavy atom. The summed E-state index contributed by atoms with van der Waals surface area (Å²) in [5.41, 5.74) is 1.04. The number of ether oxygens (including phenoxy) is 1. The molecule has 1 saturated heterocycles. The molecule has 3 rings (SSSR count). The van der Waals surface area contributed by atoms with Crippen LogP contribution in [0.4, 0.5) is 0 Å². The van der Waals surface area contributed by atoms with E-state index >= 15 is 0 Å². The van der Waals surface area contributed by atoms with Crippen molar-refractivity contribution in [3.05, 3.63) is 39.4 Å². The van der Waals surface area contributed by atoms with Crippen LogP contribution in [0.15, 0.2) is 22.7 Å². The first-order valence-electron chi connectivity index (χ1n) is 7.03. The molecular formula is C15H20N2O2S. The van der Waals surface area contributed by atoms with Gasteiger partial charge in [-0.15, -0.1) is 11.3 Å². The van der Waals surface area contributed by atoms with Gasteiger partial charge in [0, 0.05) is 41.9 Å². The van der Waals surface area contributed by atoms with Crippen molar-refractivity contribution in [1.29, 1.82) is 0 Å². The fraction of sp³-hybridized carbons (Fsp3) is 0.533. The predicted octanol–water partition coefficient (Wildman–Crippen LogP) is 2.97. The van der Waals surface area contributed by atoms with E-state index in [9.17, 15) is 0 Å². The van der Waals surface area contributed by atoms with E-state index in [0.717, 1.165) is 44.1 Å². The number of hydrogen-bond acceptors (Lipinski definition) is 5. The molecule has 2 aromatic rings. The quantitative estimate of drug-likeness (QED) is 0.868. The molecule has 0 aliphatic carbocycles. The molecule has 1 unspecified atom stereocenters. The highest BCUT2D eigenvalue weighted by Crippen LogP contribution is 2.28. The Kier molecular flexibility index (Phi) is 4.19. The van der Waals surface area contributed by atoms with Crippen molar-refractivity contribution < 1.29 is 9.26 Å². The molecule has 5 heteroatoms. The molecule has 0 aromatic carbocycles. The fourth-order valence-electron chi connectivity index (χ4n) is 2.51. The van der Waals surface area contributed by atoms with Crippen molar-refractivity contribution in [2.45, 2.75) is 26.4 Å². The van der Waals surface area contributed by atoms with Crippen LogP contribution in [0, 0.1) is 13.8 Å². The van der Waals surface area contributed by atoms with Crippen molar-refractivity contribution in [1.82, 2.24) is 10.1 Å². The molecular weight excluding hydrogens is 272 g/mol. The second-order valence-electron chi connectivity index (χ2n) is 5.29. The number of aromatic nitrogens is 1. The average Bonchev–Trinajstić information content (AvgIpc) is 3.06. The molecule has 1 atom stereocenters. The molecule has 108 valence electrons. The second-order valence-corrected chi connectivity index (χ2v) is 6.61. The first-order valence-corrected chi connectivity index (χ1v) is 7.85. The minimum absolute atomic E-state index is 0.224. The van der Waals surface area contributed by atoms with Gasteiger partial charge in [0.2, 0.25) is 0 Å². The molecule has 1 fully saturated rings. The summed E-state index contributed by atoms with van der Waals surface area (Å²) in [6.45, 7) is 7.85. The number of hydrogen-bond donors (Lipinski definition) is 0. The standard InChI is InChI=1S/C15H20N2O2S/c1-11-9-13(16-19-11)5-6-17-7-8-18-14(10-17)15-4-3-12(2)20-15/h3-4,9,14H,5-8,10H2,1-2H3. The molecule has 0 amide bonds. The molecule has 0 bridgehead atoms. The molecule has 4 nitrogen and oxygen atoms in total. The van der Waals surface area contributed by atoms with Crippen LogP contribution >= 0.6 is 11.3 Å². The molecule has 20 heavy (non-hydrogen) atoms. The van der Waals surface area contributed by atoms with Crippen LogP contribution in [0.25, 0.3) is 0 Å². The maximum absolute atomic E-state index is 5.90. The highest BCUT2D eigenvalue weighted by Gasteiger charge is 2.23. The first-order chi connectivity index (χ1) is 9.70. The Morgan fingerprint density at radius 1 is 1.40 bits per heavy atom. The van der Waals surface area contributed by atoms with Crippen LogP contribution in [0.1, 0.15) is 27.3 Å². The summed E-state index contributed by atoms with van der Waals surface area (Å²) in [4.78, 5) is 5.14. The Morgan fingerprint density at radius 2 is 2.30 bits per heavy atom. The molecule has 0 spiro atoms. The summed E-state index contributed by atoms with van der Waals surface area (Å²) in [6.07, 6.45) is 1.16. The number of rotatable bonds is 4. The van der Waals surface area contributed by atoms with Gasteiger partial charge < -0.3 is 9.26 Å². The van der Waals surface area contributed by atoms with Crippen LogP contribution < -0.4 is 0 Å². The molecule has 1 aliphatic rings. The number of nitrogens with zero attached hydrogens (tertiary/aromatic N) is 2. The zero-order valence-electron chi connectivity index (χ0n) is 12.0. The Bertz CT molecular complexity index is 564. The summed E-state index contributed by atoms with van der Waals surface area (Å²) < 4.78 is 11.0. The number of thiophene rings is 1. The molecule has 2 aromatic heterocycles. The van der Waals surface area contributed by atoms with Gasteiger partial charge in [-0.05, 0) is 26.0 Å². The minimum atomic E-state index is 0.224. The Labute approximate surface area is 123 Å². The monoisotopic (exact) mass is 292 g/mol. The Hall–Kier alpha value is -1.17. The maximum atomic E-state index is 5.90. The molecule has 3 heterocycles. The largest absolute Gasteiger partial charge is 0.370 e. The lowest BCUT2D eigenvalue weighted by Gasteiger charge is -2.32. The molecule has 0 radical (unpaired) electrons. The molecule has 0 N–H and O–H groups in total. The minimum Gasteiger partial charge on any atom is -0.370 e. The van der Waals surface area contributed by atoms with Crippen LogP contribution in [-0.4, -0.2) is 36.3 Å². The molecule has 0 saturated carbocycles. The van der Waals surface area contributed by atoms with Crippen molar-refractivity contribution in [3.63, 3.8) is 0 Å². The summed E-state index contributed by atoms with van der Waals surface area (Å²) >= 11 is 1.84. The number of morpholine rings is 1. The van der Waals surface area contributed by atoms with E-state index < -0.39 is 0 Å². The van der Waals surface area contributed by atoms with Gasteiger partial charge in [-0.3, -0.25) is 4.90 Å². The van der Waals surface area contributed by atoms with Gasteiger partial charge in [-0.2, -0.15) is 0 Å². The Balaban J connectivity index is 1.55. The summed E-state index contributed by atoms with van der Waals surface area (Å²) in [6, 6.07) is 6.37. The van der Waals surface area contributed by atoms with Crippen molar-refractivity contribution >= 4 is 11.3 Å². The molecule has 1 aliphatic heterocycles. The normalized spacial score (nSPS) is 20.4. The zero-order chi connectivity index (χ0) is 13.9. The third-order valence-electron chi connectivity index (χ3n) is 3.59. The van der Waals surface area contributed by atoms with Crippen molar-refractivity contribution in [2.24, 2.45) is 0 Å². The zero-order valence-corrected chi connectivity index (χ0v) is 12.8. The van der Waals surface area contributed by atoms with Crippen molar-refractivity contribution in [3.8, 4) is 0 Å². The van der Waals surface area contributed by atoms with Gasteiger partial charge in [-0.25, -0.2) is 0 Å². The lowest BCUT2D eigenvalue weighted by atomic mass is 10.2. The average molecular weight is 292 g/mol. The second kappa shape index (κ2) is 6.08. The van der Waals surface area contributed by atoms with E-state index in [1.165, 1.54) is 9.75 Å². The van der Waals surface area contributed by atoms with E-state index in [1.807, 2.05) is 24.3 Å². The lowest BCUT2D eigenvalue weighted by Crippen LogP contribution is -2.39. The summed E-state index contributed by atoms with van der Waals surface area (Å²) in [7, 11) is 0. The van der Waals surface area contributed by atoms with Gasteiger partial charge in [0.25, 0.3) is 0 Å². The lowest BCUT2D eigenvalue weighted by molar-refractivity contribution is -0.0278. The maximum Gasteiger partial charge on any atom is 0.133 e. The van der Waals surface area contributed by atoms with E-state index in [2.05, 4.69) is 29.1 Å². The SMILES string of the molecule is Cc1cc(CCN2CCOC(c3ccc(C)s3)C2)no1. The van der Waals surface area contributed by atoms with Gasteiger partial charge in [0.05, 0.1) is 12.3 Å². The highest BCUT2D eigenvalue weighted by atomic mass is 32.1. The van der Waals surface area contributed by atoms with E-state index in [4.69, 9.17) is 9.26 Å². The fourth-order valence-corrected chi connectivity index (χ4v) is 3.43. The van der Waals surface area contributed by atoms with E-state index in [-0.39, 0.29) is 6.10 Å². The first kappa shape index (κ1) is 13.8. The van der Waals surface area contributed by atoms with Crippen LogP contribution in [0.3, 0.4) is 0 Å². The van der Waals surface area contributed by atoms with Crippen LogP contribution in [0.5, 0.6) is 0 Å². The third kappa shape index (κ3) is 3.29. The smallest absolute Gasteiger partial charge is 0.133 e. The van der Waals surface area contributed by atoms with Crippen molar-refractivity contribution in [2.75, 3.05) is 26.2 Å². The number of aryl methyl sites for hydroxylation is 2. The summed E-state index contributed by atoms with van der Waals surface area (Å²) in [5.74, 6) is 0.883. The highest BCUT2D eigenvalue weighted by molar-refractivity contribution is 7.12. The van der Waals surface area contributed by atoms with Gasteiger partial charge in [-0.1, -0.05) is 5.16 Å². The third-order valence-corrected chi connectivity index (χ3v) is 4.68. The van der Waals surface area contributed by atoms with E-state index in [1.54, 1.807) is 0 Å². The van der Waals surface area contributed by atoms with Gasteiger partial charge >= 0.3 is 0 Å². The van der Waals surface area contributed by atoms with Crippen LogP contribution in [0.2, 0.25) is 0 Å².